The zero-order valence-electron chi connectivity index (χ0n) is 11.7. The summed E-state index contributed by atoms with van der Waals surface area (Å²) in [7, 11) is 0. The molecule has 3 aromatic rings. The van der Waals surface area contributed by atoms with Gasteiger partial charge >= 0.3 is 0 Å². The molecule has 4 nitrogen and oxygen atoms in total. The maximum Gasteiger partial charge on any atom is 0.0799 e. The highest BCUT2D eigenvalue weighted by Gasteiger charge is 2.10. The van der Waals surface area contributed by atoms with Crippen molar-refractivity contribution in [1.82, 2.24) is 10.2 Å². The second-order valence-electron chi connectivity index (χ2n) is 4.86. The normalized spacial score (nSPS) is 12.3. The fraction of sp³-hybridized carbons (Fsp3) is 0.188. The quantitative estimate of drug-likeness (QED) is 0.671. The molecule has 0 amide bonds. The van der Waals surface area contributed by atoms with E-state index in [1.807, 2.05) is 36.5 Å². The molecule has 0 saturated carbocycles. The lowest BCUT2D eigenvalue weighted by Gasteiger charge is -2.13. The number of aliphatic hydroxyl groups excluding tert-OH is 1. The van der Waals surface area contributed by atoms with E-state index >= 15 is 0 Å². The topological polar surface area (TPSA) is 60.9 Å². The summed E-state index contributed by atoms with van der Waals surface area (Å²) in [5.41, 5.74) is 4.01. The van der Waals surface area contributed by atoms with Crippen LogP contribution in [0.2, 0.25) is 0 Å². The Morgan fingerprint density at radius 1 is 1.29 bits per heavy atom. The standard InChI is InChI=1S/C16H17N3OS/c1-11(20)13-5-2-3-6-14(13)17-9-12-10-18-19-16(12)15-7-4-8-21-15/h2-8,10-11,17,20H,9H2,1H3,(H,18,19). The van der Waals surface area contributed by atoms with Gasteiger partial charge < -0.3 is 10.4 Å². The molecule has 2 heterocycles. The summed E-state index contributed by atoms with van der Waals surface area (Å²) in [6.45, 7) is 2.43. The first-order valence-corrected chi connectivity index (χ1v) is 7.70. The van der Waals surface area contributed by atoms with Crippen molar-refractivity contribution in [3.8, 4) is 10.6 Å². The van der Waals surface area contributed by atoms with E-state index in [1.165, 1.54) is 4.88 Å². The zero-order valence-corrected chi connectivity index (χ0v) is 12.5. The molecule has 0 fully saturated rings. The number of aromatic nitrogens is 2. The number of aromatic amines is 1. The predicted molar refractivity (Wildman–Crippen MR) is 86.3 cm³/mol. The lowest BCUT2D eigenvalue weighted by Crippen LogP contribution is -2.04. The molecule has 3 N–H and O–H groups in total. The van der Waals surface area contributed by atoms with E-state index in [1.54, 1.807) is 18.3 Å². The highest BCUT2D eigenvalue weighted by atomic mass is 32.1. The molecule has 1 atom stereocenters. The number of nitrogens with zero attached hydrogens (tertiary/aromatic N) is 1. The van der Waals surface area contributed by atoms with Gasteiger partial charge in [0.25, 0.3) is 0 Å². The van der Waals surface area contributed by atoms with Gasteiger partial charge in [0.05, 0.1) is 22.9 Å². The summed E-state index contributed by atoms with van der Waals surface area (Å²) in [5, 5.41) is 22.4. The number of nitrogens with one attached hydrogen (secondary N) is 2. The second-order valence-corrected chi connectivity index (χ2v) is 5.81. The van der Waals surface area contributed by atoms with Gasteiger partial charge in [-0.1, -0.05) is 24.3 Å². The number of anilines is 1. The highest BCUT2D eigenvalue weighted by Crippen LogP contribution is 2.27. The van der Waals surface area contributed by atoms with E-state index in [4.69, 9.17) is 0 Å². The summed E-state index contributed by atoms with van der Waals surface area (Å²) in [6.07, 6.45) is 1.35. The van der Waals surface area contributed by atoms with Crippen LogP contribution in [0.1, 0.15) is 24.2 Å². The average Bonchev–Trinajstić information content (AvgIpc) is 3.16. The van der Waals surface area contributed by atoms with Crippen LogP contribution in [-0.2, 0) is 6.54 Å². The van der Waals surface area contributed by atoms with E-state index in [9.17, 15) is 5.11 Å². The Bertz CT molecular complexity index is 704. The van der Waals surface area contributed by atoms with Gasteiger partial charge in [-0.15, -0.1) is 11.3 Å². The van der Waals surface area contributed by atoms with Gasteiger partial charge in [-0.2, -0.15) is 5.10 Å². The minimum Gasteiger partial charge on any atom is -0.389 e. The first-order valence-electron chi connectivity index (χ1n) is 6.82. The van der Waals surface area contributed by atoms with Gasteiger partial charge in [0, 0.05) is 23.4 Å². The van der Waals surface area contributed by atoms with Crippen molar-refractivity contribution in [2.45, 2.75) is 19.6 Å². The monoisotopic (exact) mass is 299 g/mol. The number of para-hydroxylation sites is 1. The number of hydrogen-bond acceptors (Lipinski definition) is 4. The van der Waals surface area contributed by atoms with Gasteiger partial charge in [0.2, 0.25) is 0 Å². The van der Waals surface area contributed by atoms with Crippen molar-refractivity contribution in [1.29, 1.82) is 0 Å². The van der Waals surface area contributed by atoms with Crippen LogP contribution in [0, 0.1) is 0 Å². The van der Waals surface area contributed by atoms with Crippen molar-refractivity contribution in [2.75, 3.05) is 5.32 Å². The van der Waals surface area contributed by atoms with Gasteiger partial charge in [0.15, 0.2) is 0 Å². The molecular formula is C16H17N3OS. The zero-order chi connectivity index (χ0) is 14.7. The Morgan fingerprint density at radius 3 is 2.90 bits per heavy atom. The fourth-order valence-corrected chi connectivity index (χ4v) is 3.05. The number of rotatable bonds is 5. The van der Waals surface area contributed by atoms with Gasteiger partial charge in [-0.05, 0) is 24.4 Å². The molecule has 1 aromatic carbocycles. The summed E-state index contributed by atoms with van der Waals surface area (Å²) in [4.78, 5) is 1.17. The van der Waals surface area contributed by atoms with E-state index in [0.29, 0.717) is 6.54 Å². The summed E-state index contributed by atoms with van der Waals surface area (Å²) in [6, 6.07) is 11.9. The van der Waals surface area contributed by atoms with Crippen LogP contribution >= 0.6 is 11.3 Å². The summed E-state index contributed by atoms with van der Waals surface area (Å²) in [5.74, 6) is 0. The number of benzene rings is 1. The Balaban J connectivity index is 1.79. The maximum absolute atomic E-state index is 9.81. The molecule has 5 heteroatoms. The maximum atomic E-state index is 9.81. The Morgan fingerprint density at radius 2 is 2.14 bits per heavy atom. The van der Waals surface area contributed by atoms with Crippen LogP contribution in [0.4, 0.5) is 5.69 Å². The number of H-pyrrole nitrogens is 1. The van der Waals surface area contributed by atoms with Crippen LogP contribution in [-0.4, -0.2) is 15.3 Å². The minimum absolute atomic E-state index is 0.491. The van der Waals surface area contributed by atoms with Crippen molar-refractivity contribution in [3.63, 3.8) is 0 Å². The molecule has 3 rings (SSSR count). The third kappa shape index (κ3) is 2.99. The lowest BCUT2D eigenvalue weighted by atomic mass is 10.1. The van der Waals surface area contributed by atoms with Gasteiger partial charge in [0.1, 0.15) is 0 Å². The highest BCUT2D eigenvalue weighted by molar-refractivity contribution is 7.13. The third-order valence-electron chi connectivity index (χ3n) is 3.37. The number of thiophene rings is 1. The third-order valence-corrected chi connectivity index (χ3v) is 4.25. The van der Waals surface area contributed by atoms with E-state index < -0.39 is 6.10 Å². The summed E-state index contributed by atoms with van der Waals surface area (Å²) < 4.78 is 0. The second kappa shape index (κ2) is 6.11. The van der Waals surface area contributed by atoms with Crippen LogP contribution in [0.3, 0.4) is 0 Å². The molecule has 0 saturated heterocycles. The van der Waals surface area contributed by atoms with Crippen molar-refractivity contribution in [3.05, 3.63) is 59.1 Å². The van der Waals surface area contributed by atoms with Crippen molar-refractivity contribution < 1.29 is 5.11 Å². The first kappa shape index (κ1) is 13.9. The molecule has 2 aromatic heterocycles. The Labute approximate surface area is 127 Å². The molecule has 0 aliphatic carbocycles. The molecule has 0 aliphatic heterocycles. The molecule has 0 aliphatic rings. The summed E-state index contributed by atoms with van der Waals surface area (Å²) >= 11 is 1.69. The lowest BCUT2D eigenvalue weighted by molar-refractivity contribution is 0.200. The number of aliphatic hydroxyl groups is 1. The molecule has 0 bridgehead atoms. The Hall–Kier alpha value is -2.11. The van der Waals surface area contributed by atoms with E-state index in [-0.39, 0.29) is 0 Å². The van der Waals surface area contributed by atoms with E-state index in [2.05, 4.69) is 27.0 Å². The molecular weight excluding hydrogens is 282 g/mol. The van der Waals surface area contributed by atoms with Crippen molar-refractivity contribution >= 4 is 17.0 Å². The van der Waals surface area contributed by atoms with Crippen LogP contribution in [0.15, 0.2) is 48.0 Å². The fourth-order valence-electron chi connectivity index (χ4n) is 2.29. The molecule has 1 unspecified atom stereocenters. The Kier molecular flexibility index (Phi) is 4.03. The smallest absolute Gasteiger partial charge is 0.0799 e. The molecule has 0 spiro atoms. The van der Waals surface area contributed by atoms with Gasteiger partial charge in [-0.25, -0.2) is 0 Å². The van der Waals surface area contributed by atoms with E-state index in [0.717, 1.165) is 22.5 Å². The van der Waals surface area contributed by atoms with Crippen LogP contribution in [0.5, 0.6) is 0 Å². The minimum atomic E-state index is -0.491. The van der Waals surface area contributed by atoms with Crippen LogP contribution < -0.4 is 5.32 Å². The molecule has 108 valence electrons. The van der Waals surface area contributed by atoms with Gasteiger partial charge in [-0.3, -0.25) is 5.10 Å². The SMILES string of the molecule is CC(O)c1ccccc1NCc1cn[nH]c1-c1cccs1. The number of hydrogen-bond donors (Lipinski definition) is 3. The van der Waals surface area contributed by atoms with Crippen LogP contribution in [0.25, 0.3) is 10.6 Å². The molecule has 21 heavy (non-hydrogen) atoms. The average molecular weight is 299 g/mol. The largest absolute Gasteiger partial charge is 0.389 e. The molecule has 0 radical (unpaired) electrons. The predicted octanol–water partition coefficient (Wildman–Crippen LogP) is 3.80. The van der Waals surface area contributed by atoms with Crippen molar-refractivity contribution in [2.24, 2.45) is 0 Å². The first-order chi connectivity index (χ1) is 10.3.